The van der Waals surface area contributed by atoms with Gasteiger partial charge in [0, 0.05) is 36.5 Å². The second kappa shape index (κ2) is 7.41. The van der Waals surface area contributed by atoms with Crippen molar-refractivity contribution in [1.82, 2.24) is 4.57 Å². The second-order valence-corrected chi connectivity index (χ2v) is 9.61. The van der Waals surface area contributed by atoms with E-state index in [4.69, 9.17) is 0 Å². The Morgan fingerprint density at radius 2 is 1.12 bits per heavy atom. The van der Waals surface area contributed by atoms with Crippen molar-refractivity contribution < 1.29 is 0 Å². The number of hydrogen-bond acceptors (Lipinski definition) is 2. The summed E-state index contributed by atoms with van der Waals surface area (Å²) < 4.78 is 4.38. The zero-order valence-electron chi connectivity index (χ0n) is 18.2. The molecule has 34 heavy (non-hydrogen) atoms. The van der Waals surface area contributed by atoms with Crippen LogP contribution in [0.25, 0.3) is 58.8 Å². The van der Waals surface area contributed by atoms with Crippen LogP contribution in [-0.4, -0.2) is 4.57 Å². The molecule has 2 aromatic heterocycles. The maximum Gasteiger partial charge on any atom is 0.195 e. The van der Waals surface area contributed by atoms with Gasteiger partial charge in [-0.25, -0.2) is 0 Å². The Morgan fingerprint density at radius 3 is 1.88 bits per heavy atom. The van der Waals surface area contributed by atoms with Gasteiger partial charge in [0.05, 0.1) is 16.7 Å². The lowest BCUT2D eigenvalue weighted by atomic mass is 10.0. The van der Waals surface area contributed by atoms with Crippen molar-refractivity contribution in [2.45, 2.75) is 0 Å². The minimum Gasteiger partial charge on any atom is -0.309 e. The van der Waals surface area contributed by atoms with Crippen molar-refractivity contribution in [3.63, 3.8) is 0 Å². The van der Waals surface area contributed by atoms with Crippen molar-refractivity contribution in [3.05, 3.63) is 125 Å². The molecule has 2 nitrogen and oxygen atoms in total. The first-order valence-corrected chi connectivity index (χ1v) is 12.1. The van der Waals surface area contributed by atoms with Crippen LogP contribution in [0.5, 0.6) is 0 Å². The molecule has 0 aliphatic carbocycles. The van der Waals surface area contributed by atoms with E-state index in [-0.39, 0.29) is 5.43 Å². The Hall–Kier alpha value is -4.21. The van der Waals surface area contributed by atoms with Crippen LogP contribution in [0.1, 0.15) is 0 Å². The molecule has 0 aliphatic rings. The topological polar surface area (TPSA) is 22.0 Å². The first-order chi connectivity index (χ1) is 16.8. The minimum absolute atomic E-state index is 0.0977. The van der Waals surface area contributed by atoms with E-state index in [1.54, 1.807) is 11.3 Å². The molecular weight excluding hydrogens is 434 g/mol. The zero-order valence-corrected chi connectivity index (χ0v) is 19.0. The molecule has 0 spiro atoms. The van der Waals surface area contributed by atoms with Gasteiger partial charge >= 0.3 is 0 Å². The van der Waals surface area contributed by atoms with Crippen LogP contribution in [0.4, 0.5) is 0 Å². The van der Waals surface area contributed by atoms with E-state index < -0.39 is 0 Å². The van der Waals surface area contributed by atoms with Gasteiger partial charge < -0.3 is 4.57 Å². The molecule has 2 heterocycles. The molecule has 7 aromatic rings. The van der Waals surface area contributed by atoms with E-state index in [9.17, 15) is 4.79 Å². The summed E-state index contributed by atoms with van der Waals surface area (Å²) in [6, 6.07) is 39.7. The van der Waals surface area contributed by atoms with Gasteiger partial charge in [0.1, 0.15) is 0 Å². The number of aromatic nitrogens is 1. The Morgan fingerprint density at radius 1 is 0.529 bits per heavy atom. The fourth-order valence-corrected chi connectivity index (χ4v) is 6.12. The van der Waals surface area contributed by atoms with E-state index >= 15 is 0 Å². The summed E-state index contributed by atoms with van der Waals surface area (Å²) in [5.41, 5.74) is 5.71. The molecule has 0 amide bonds. The predicted octanol–water partition coefficient (Wildman–Crippen LogP) is 8.18. The van der Waals surface area contributed by atoms with E-state index in [0.717, 1.165) is 37.0 Å². The Balaban J connectivity index is 1.53. The predicted molar refractivity (Wildman–Crippen MR) is 145 cm³/mol. The van der Waals surface area contributed by atoms with E-state index in [0.29, 0.717) is 0 Å². The number of fused-ring (bicyclic) bond motifs is 5. The van der Waals surface area contributed by atoms with Crippen molar-refractivity contribution in [3.8, 4) is 16.8 Å². The number of rotatable bonds is 2. The average Bonchev–Trinajstić information content (AvgIpc) is 3.23. The molecule has 3 heteroatoms. The highest BCUT2D eigenvalue weighted by molar-refractivity contribution is 7.24. The van der Waals surface area contributed by atoms with Gasteiger partial charge in [-0.15, -0.1) is 11.3 Å². The fourth-order valence-electron chi connectivity index (χ4n) is 5.07. The van der Waals surface area contributed by atoms with Crippen LogP contribution in [0, 0.1) is 0 Å². The Kier molecular flexibility index (Phi) is 4.20. The number of para-hydroxylation sites is 3. The van der Waals surface area contributed by atoms with Gasteiger partial charge in [0.25, 0.3) is 0 Å². The maximum absolute atomic E-state index is 13.3. The average molecular weight is 454 g/mol. The van der Waals surface area contributed by atoms with Crippen molar-refractivity contribution in [1.29, 1.82) is 0 Å². The van der Waals surface area contributed by atoms with Gasteiger partial charge in [-0.1, -0.05) is 72.8 Å². The van der Waals surface area contributed by atoms with Crippen LogP contribution in [0.2, 0.25) is 0 Å². The largest absolute Gasteiger partial charge is 0.309 e. The minimum atomic E-state index is 0.0977. The molecule has 0 aliphatic heterocycles. The van der Waals surface area contributed by atoms with E-state index in [1.165, 1.54) is 21.8 Å². The highest BCUT2D eigenvalue weighted by Crippen LogP contribution is 2.37. The molecule has 5 aromatic carbocycles. The molecule has 0 saturated heterocycles. The Bertz CT molecular complexity index is 1890. The molecule has 0 bridgehead atoms. The highest BCUT2D eigenvalue weighted by Gasteiger charge is 2.15. The number of hydrogen-bond donors (Lipinski definition) is 0. The monoisotopic (exact) mass is 453 g/mol. The van der Waals surface area contributed by atoms with Gasteiger partial charge in [0.2, 0.25) is 0 Å². The molecule has 0 saturated carbocycles. The lowest BCUT2D eigenvalue weighted by molar-refractivity contribution is 1.18. The first-order valence-electron chi connectivity index (χ1n) is 11.3. The van der Waals surface area contributed by atoms with Crippen molar-refractivity contribution >= 4 is 53.3 Å². The molecule has 0 radical (unpaired) electrons. The number of nitrogens with zero attached hydrogens (tertiary/aromatic N) is 1. The zero-order chi connectivity index (χ0) is 22.6. The smallest absolute Gasteiger partial charge is 0.195 e. The molecule has 0 N–H and O–H groups in total. The van der Waals surface area contributed by atoms with Crippen LogP contribution in [0.3, 0.4) is 0 Å². The van der Waals surface area contributed by atoms with Crippen LogP contribution in [-0.2, 0) is 0 Å². The SMILES string of the molecule is O=c1c2ccccc2sc2ccc(-c3ccccc3-n3c4ccccc4c4ccccc43)cc12. The summed E-state index contributed by atoms with van der Waals surface area (Å²) in [6.07, 6.45) is 0. The third kappa shape index (κ3) is 2.77. The van der Waals surface area contributed by atoms with Gasteiger partial charge in [-0.2, -0.15) is 0 Å². The van der Waals surface area contributed by atoms with E-state index in [1.807, 2.05) is 24.3 Å². The summed E-state index contributed by atoms with van der Waals surface area (Å²) in [5.74, 6) is 0. The summed E-state index contributed by atoms with van der Waals surface area (Å²) >= 11 is 1.67. The molecule has 0 atom stereocenters. The normalized spacial score (nSPS) is 11.6. The molecule has 0 fully saturated rings. The third-order valence-electron chi connectivity index (χ3n) is 6.61. The maximum atomic E-state index is 13.3. The molecule has 0 unspecified atom stereocenters. The molecule has 160 valence electrons. The summed E-state index contributed by atoms with van der Waals surface area (Å²) in [7, 11) is 0. The fraction of sp³-hybridized carbons (Fsp3) is 0. The van der Waals surface area contributed by atoms with Gasteiger partial charge in [-0.3, -0.25) is 4.79 Å². The standard InChI is InChI=1S/C31H19NOS/c33-31-24-12-4-8-16-29(24)34-30-18-17-20(19-25(30)31)21-9-1-5-13-26(21)32-27-14-6-2-10-22(27)23-11-3-7-15-28(23)32/h1-19H. The summed E-state index contributed by atoms with van der Waals surface area (Å²) in [6.45, 7) is 0. The highest BCUT2D eigenvalue weighted by atomic mass is 32.1. The quantitative estimate of drug-likeness (QED) is 0.242. The first kappa shape index (κ1) is 19.3. The van der Waals surface area contributed by atoms with E-state index in [2.05, 4.69) is 95.6 Å². The lowest BCUT2D eigenvalue weighted by Crippen LogP contribution is -2.01. The van der Waals surface area contributed by atoms with Gasteiger partial charge in [-0.05, 0) is 48.0 Å². The van der Waals surface area contributed by atoms with Crippen molar-refractivity contribution in [2.24, 2.45) is 0 Å². The third-order valence-corrected chi connectivity index (χ3v) is 7.76. The van der Waals surface area contributed by atoms with Gasteiger partial charge in [0.15, 0.2) is 5.43 Å². The second-order valence-electron chi connectivity index (χ2n) is 8.53. The van der Waals surface area contributed by atoms with Crippen molar-refractivity contribution in [2.75, 3.05) is 0 Å². The number of benzene rings is 5. The summed E-state index contributed by atoms with van der Waals surface area (Å²) in [5, 5.41) is 4.04. The molecule has 7 rings (SSSR count). The lowest BCUT2D eigenvalue weighted by Gasteiger charge is -2.14. The van der Waals surface area contributed by atoms with Crippen LogP contribution < -0.4 is 5.43 Å². The van der Waals surface area contributed by atoms with Crippen LogP contribution in [0.15, 0.2) is 120 Å². The van der Waals surface area contributed by atoms with Crippen LogP contribution >= 0.6 is 11.3 Å². The molecular formula is C31H19NOS. The Labute approximate surface area is 200 Å². The summed E-state index contributed by atoms with van der Waals surface area (Å²) in [4.78, 5) is 13.3.